The number of ketones is 1. The molecule has 2 atom stereocenters. The molecule has 2 saturated heterocycles. The van der Waals surface area contributed by atoms with E-state index in [1.165, 1.54) is 12.3 Å². The van der Waals surface area contributed by atoms with Gasteiger partial charge in [0, 0.05) is 12.1 Å². The fourth-order valence-corrected chi connectivity index (χ4v) is 3.54. The van der Waals surface area contributed by atoms with Gasteiger partial charge in [-0.3, -0.25) is 14.7 Å². The van der Waals surface area contributed by atoms with Gasteiger partial charge < -0.3 is 9.47 Å². The number of rotatable bonds is 2. The standard InChI is InChI=1S/C18H23FN2O4/c1-18(2,3)25-17(23)21-12-6-11(7-13(21)10-24-9-12)16(22)14-4-5-20-8-15(14)19/h4-5,8,11-13H,6-7,9-10H2,1-3H3. The Bertz CT molecular complexity index is 659. The van der Waals surface area contributed by atoms with Gasteiger partial charge in [-0.05, 0) is 39.7 Å². The molecule has 136 valence electrons. The normalized spacial score (nSPS) is 26.2. The number of morpholine rings is 1. The van der Waals surface area contributed by atoms with Gasteiger partial charge >= 0.3 is 6.09 Å². The molecule has 0 radical (unpaired) electrons. The van der Waals surface area contributed by atoms with Gasteiger partial charge in [0.05, 0.1) is 37.1 Å². The smallest absolute Gasteiger partial charge is 0.410 e. The summed E-state index contributed by atoms with van der Waals surface area (Å²) in [5, 5.41) is 0. The second-order valence-corrected chi connectivity index (χ2v) is 7.62. The van der Waals surface area contributed by atoms with Crippen LogP contribution >= 0.6 is 0 Å². The number of Topliss-reactive ketones (excluding diaryl/α,β-unsaturated/α-hetero) is 1. The molecule has 3 rings (SSSR count). The Hall–Kier alpha value is -2.02. The third kappa shape index (κ3) is 3.81. The van der Waals surface area contributed by atoms with Crippen LogP contribution in [0.5, 0.6) is 0 Å². The molecule has 25 heavy (non-hydrogen) atoms. The van der Waals surface area contributed by atoms with E-state index in [9.17, 15) is 14.0 Å². The van der Waals surface area contributed by atoms with E-state index in [4.69, 9.17) is 9.47 Å². The van der Waals surface area contributed by atoms with Crippen LogP contribution in [0.15, 0.2) is 18.5 Å². The summed E-state index contributed by atoms with van der Waals surface area (Å²) in [7, 11) is 0. The lowest BCUT2D eigenvalue weighted by Gasteiger charge is -2.47. The average molecular weight is 350 g/mol. The summed E-state index contributed by atoms with van der Waals surface area (Å²) in [4.78, 5) is 30.6. The van der Waals surface area contributed by atoms with Crippen molar-refractivity contribution in [3.05, 3.63) is 29.8 Å². The number of carbonyl (C=O) groups excluding carboxylic acids is 2. The molecule has 2 unspecified atom stereocenters. The molecular weight excluding hydrogens is 327 g/mol. The lowest BCUT2D eigenvalue weighted by atomic mass is 9.81. The second kappa shape index (κ2) is 6.71. The zero-order chi connectivity index (χ0) is 18.2. The van der Waals surface area contributed by atoms with Crippen LogP contribution in [0.25, 0.3) is 0 Å². The van der Waals surface area contributed by atoms with E-state index >= 15 is 0 Å². The molecule has 6 nitrogen and oxygen atoms in total. The average Bonchev–Trinajstić information content (AvgIpc) is 2.51. The molecule has 2 aliphatic rings. The molecule has 2 fully saturated rings. The molecule has 0 aliphatic carbocycles. The van der Waals surface area contributed by atoms with Crippen LogP contribution < -0.4 is 0 Å². The second-order valence-electron chi connectivity index (χ2n) is 7.62. The number of hydrogen-bond donors (Lipinski definition) is 0. The Balaban J connectivity index is 1.76. The number of aromatic nitrogens is 1. The minimum absolute atomic E-state index is 0.0599. The summed E-state index contributed by atoms with van der Waals surface area (Å²) in [5.74, 6) is -1.18. The van der Waals surface area contributed by atoms with Gasteiger partial charge in [0.25, 0.3) is 0 Å². The van der Waals surface area contributed by atoms with Gasteiger partial charge in [-0.1, -0.05) is 0 Å². The molecule has 0 spiro atoms. The Labute approximate surface area is 146 Å². The number of amides is 1. The van der Waals surface area contributed by atoms with Gasteiger partial charge in [-0.2, -0.15) is 0 Å². The van der Waals surface area contributed by atoms with Crippen LogP contribution in [0.2, 0.25) is 0 Å². The maximum Gasteiger partial charge on any atom is 0.410 e. The number of hydrogen-bond acceptors (Lipinski definition) is 5. The highest BCUT2D eigenvalue weighted by atomic mass is 19.1. The van der Waals surface area contributed by atoms with Crippen molar-refractivity contribution in [1.82, 2.24) is 9.88 Å². The highest BCUT2D eigenvalue weighted by Gasteiger charge is 2.45. The number of nitrogens with zero attached hydrogens (tertiary/aromatic N) is 2. The zero-order valence-electron chi connectivity index (χ0n) is 14.7. The molecule has 1 amide bonds. The summed E-state index contributed by atoms with van der Waals surface area (Å²) in [5.41, 5.74) is -0.524. The number of fused-ring (bicyclic) bond motifs is 2. The number of pyridine rings is 1. The highest BCUT2D eigenvalue weighted by molar-refractivity contribution is 5.98. The predicted octanol–water partition coefficient (Wildman–Crippen LogP) is 2.82. The van der Waals surface area contributed by atoms with Crippen molar-refractivity contribution in [3.63, 3.8) is 0 Å². The summed E-state index contributed by atoms with van der Waals surface area (Å²) in [6.07, 6.45) is 2.96. The van der Waals surface area contributed by atoms with Gasteiger partial charge in [0.15, 0.2) is 11.6 Å². The van der Waals surface area contributed by atoms with Crippen molar-refractivity contribution in [2.45, 2.75) is 51.3 Å². The number of piperidine rings is 1. The van der Waals surface area contributed by atoms with Crippen molar-refractivity contribution < 1.29 is 23.5 Å². The molecule has 1 aromatic rings. The van der Waals surface area contributed by atoms with Crippen LogP contribution in [0.3, 0.4) is 0 Å². The van der Waals surface area contributed by atoms with E-state index in [1.54, 1.807) is 4.90 Å². The minimum atomic E-state index is -0.608. The zero-order valence-corrected chi connectivity index (χ0v) is 14.7. The van der Waals surface area contributed by atoms with Crippen molar-refractivity contribution in [2.24, 2.45) is 5.92 Å². The first-order valence-corrected chi connectivity index (χ1v) is 8.49. The summed E-state index contributed by atoms with van der Waals surface area (Å²) in [6, 6.07) is 0.937. The van der Waals surface area contributed by atoms with E-state index < -0.39 is 11.4 Å². The first kappa shape index (κ1) is 17.8. The molecule has 2 aliphatic heterocycles. The molecule has 7 heteroatoms. The SMILES string of the molecule is CC(C)(C)OC(=O)N1C2COCC1CC(C(=O)c1ccncc1F)C2. The first-order chi connectivity index (χ1) is 11.8. The number of ether oxygens (including phenoxy) is 2. The van der Waals surface area contributed by atoms with Crippen molar-refractivity contribution in [2.75, 3.05) is 13.2 Å². The van der Waals surface area contributed by atoms with Crippen molar-refractivity contribution in [3.8, 4) is 0 Å². The minimum Gasteiger partial charge on any atom is -0.444 e. The summed E-state index contributed by atoms with van der Waals surface area (Å²) < 4.78 is 24.9. The molecule has 2 bridgehead atoms. The third-order valence-electron chi connectivity index (χ3n) is 4.53. The first-order valence-electron chi connectivity index (χ1n) is 8.49. The number of halogens is 1. The van der Waals surface area contributed by atoms with E-state index in [0.717, 1.165) is 6.20 Å². The van der Waals surface area contributed by atoms with Gasteiger partial charge in [0.2, 0.25) is 0 Å². The maximum atomic E-state index is 13.9. The van der Waals surface area contributed by atoms with E-state index in [2.05, 4.69) is 4.98 Å². The van der Waals surface area contributed by atoms with Crippen LogP contribution in [-0.4, -0.2) is 52.7 Å². The van der Waals surface area contributed by atoms with E-state index in [0.29, 0.717) is 26.1 Å². The van der Waals surface area contributed by atoms with Gasteiger partial charge in [-0.25, -0.2) is 9.18 Å². The Kier molecular flexibility index (Phi) is 4.77. The Morgan fingerprint density at radius 1 is 1.28 bits per heavy atom. The largest absolute Gasteiger partial charge is 0.444 e. The topological polar surface area (TPSA) is 68.7 Å². The molecule has 0 aromatic carbocycles. The fraction of sp³-hybridized carbons (Fsp3) is 0.611. The van der Waals surface area contributed by atoms with Crippen molar-refractivity contribution >= 4 is 11.9 Å². The summed E-state index contributed by atoms with van der Waals surface area (Å²) in [6.45, 7) is 6.18. The molecule has 1 aromatic heterocycles. The lowest BCUT2D eigenvalue weighted by Crippen LogP contribution is -2.60. The van der Waals surface area contributed by atoms with Crippen LogP contribution in [0.1, 0.15) is 44.0 Å². The van der Waals surface area contributed by atoms with Crippen molar-refractivity contribution in [1.29, 1.82) is 0 Å². The fourth-order valence-electron chi connectivity index (χ4n) is 3.54. The van der Waals surface area contributed by atoms with E-state index in [-0.39, 0.29) is 35.4 Å². The van der Waals surface area contributed by atoms with Gasteiger partial charge in [-0.15, -0.1) is 0 Å². The molecule has 0 saturated carbocycles. The Morgan fingerprint density at radius 3 is 2.48 bits per heavy atom. The highest BCUT2D eigenvalue weighted by Crippen LogP contribution is 2.34. The molecule has 0 N–H and O–H groups in total. The number of carbonyl (C=O) groups is 2. The van der Waals surface area contributed by atoms with Crippen LogP contribution in [0.4, 0.5) is 9.18 Å². The van der Waals surface area contributed by atoms with E-state index in [1.807, 2.05) is 20.8 Å². The maximum absolute atomic E-state index is 13.9. The predicted molar refractivity (Wildman–Crippen MR) is 87.7 cm³/mol. The van der Waals surface area contributed by atoms with Gasteiger partial charge in [0.1, 0.15) is 5.60 Å². The third-order valence-corrected chi connectivity index (χ3v) is 4.53. The summed E-state index contributed by atoms with van der Waals surface area (Å²) >= 11 is 0. The molecule has 3 heterocycles. The lowest BCUT2D eigenvalue weighted by molar-refractivity contribution is -0.0861. The quantitative estimate of drug-likeness (QED) is 0.767. The Morgan fingerprint density at radius 2 is 1.92 bits per heavy atom. The van der Waals surface area contributed by atoms with Crippen LogP contribution in [0, 0.1) is 11.7 Å². The monoisotopic (exact) mass is 350 g/mol. The van der Waals surface area contributed by atoms with Crippen LogP contribution in [-0.2, 0) is 9.47 Å². The molecular formula is C18H23FN2O4.